The van der Waals surface area contributed by atoms with E-state index in [0.717, 1.165) is 6.07 Å². The van der Waals surface area contributed by atoms with Gasteiger partial charge in [-0.1, -0.05) is 11.6 Å². The van der Waals surface area contributed by atoms with Gasteiger partial charge in [-0.05, 0) is 19.9 Å². The normalized spacial score (nSPS) is 10.6. The minimum absolute atomic E-state index is 0.00380. The summed E-state index contributed by atoms with van der Waals surface area (Å²) in [5.41, 5.74) is 11.6. The molecule has 0 radical (unpaired) electrons. The molecule has 0 aliphatic rings. The van der Waals surface area contributed by atoms with Gasteiger partial charge in [-0.2, -0.15) is 0 Å². The number of carbonyl (C=O) groups is 1. The molecule has 94 valence electrons. The van der Waals surface area contributed by atoms with Crippen molar-refractivity contribution in [1.29, 1.82) is 0 Å². The fraction of sp³-hybridized carbons (Fsp3) is 0.364. The van der Waals surface area contributed by atoms with Crippen molar-refractivity contribution in [1.82, 2.24) is 0 Å². The third kappa shape index (κ3) is 3.23. The first-order valence-corrected chi connectivity index (χ1v) is 5.50. The van der Waals surface area contributed by atoms with Gasteiger partial charge in [0.15, 0.2) is 0 Å². The quantitative estimate of drug-likeness (QED) is 0.810. The number of hydrogen-bond acceptors (Lipinski definition) is 3. The Morgan fingerprint density at radius 2 is 2.12 bits per heavy atom. The first-order chi connectivity index (χ1) is 7.82. The second-order valence-electron chi connectivity index (χ2n) is 4.01. The van der Waals surface area contributed by atoms with Crippen LogP contribution in [0.3, 0.4) is 0 Å². The minimum atomic E-state index is -0.587. The zero-order chi connectivity index (χ0) is 13.2. The third-order valence-electron chi connectivity index (χ3n) is 2.33. The molecule has 17 heavy (non-hydrogen) atoms. The van der Waals surface area contributed by atoms with Crippen LogP contribution in [0.5, 0.6) is 0 Å². The van der Waals surface area contributed by atoms with Crippen LogP contribution in [0.15, 0.2) is 12.1 Å². The molecule has 4 nitrogen and oxygen atoms in total. The first kappa shape index (κ1) is 13.6. The lowest BCUT2D eigenvalue weighted by Crippen LogP contribution is -2.39. The van der Waals surface area contributed by atoms with Gasteiger partial charge in [0, 0.05) is 12.1 Å². The Bertz CT molecular complexity index is 437. The second-order valence-corrected chi connectivity index (χ2v) is 4.42. The standard InChI is InChI=1S/C11H15ClFN3O/c1-6(2)16(5-11(15)17)10-3-7(12)8(13)4-9(10)14/h3-4,6H,5,14H2,1-2H3,(H2,15,17). The van der Waals surface area contributed by atoms with E-state index in [2.05, 4.69) is 0 Å². The predicted octanol–water partition coefficient (Wildman–Crippen LogP) is 1.76. The zero-order valence-corrected chi connectivity index (χ0v) is 10.5. The minimum Gasteiger partial charge on any atom is -0.397 e. The number of nitrogens with zero attached hydrogens (tertiary/aromatic N) is 1. The molecule has 0 fully saturated rings. The van der Waals surface area contributed by atoms with Crippen LogP contribution < -0.4 is 16.4 Å². The van der Waals surface area contributed by atoms with Crippen LogP contribution in [0, 0.1) is 5.82 Å². The number of nitrogens with two attached hydrogens (primary N) is 2. The Morgan fingerprint density at radius 3 is 2.59 bits per heavy atom. The molecule has 0 saturated carbocycles. The highest BCUT2D eigenvalue weighted by atomic mass is 35.5. The van der Waals surface area contributed by atoms with Crippen molar-refractivity contribution >= 4 is 28.9 Å². The molecule has 1 aromatic carbocycles. The van der Waals surface area contributed by atoms with E-state index in [1.807, 2.05) is 13.8 Å². The van der Waals surface area contributed by atoms with E-state index in [4.69, 9.17) is 23.1 Å². The van der Waals surface area contributed by atoms with Crippen molar-refractivity contribution in [3.8, 4) is 0 Å². The lowest BCUT2D eigenvalue weighted by molar-refractivity contribution is -0.116. The largest absolute Gasteiger partial charge is 0.397 e. The van der Waals surface area contributed by atoms with E-state index < -0.39 is 11.7 Å². The van der Waals surface area contributed by atoms with Gasteiger partial charge in [-0.25, -0.2) is 4.39 Å². The number of halogens is 2. The summed E-state index contributed by atoms with van der Waals surface area (Å²) < 4.78 is 13.2. The lowest BCUT2D eigenvalue weighted by atomic mass is 10.2. The highest BCUT2D eigenvalue weighted by molar-refractivity contribution is 6.31. The van der Waals surface area contributed by atoms with Crippen molar-refractivity contribution in [3.05, 3.63) is 23.0 Å². The molecule has 0 aromatic heterocycles. The molecule has 1 rings (SSSR count). The average molecular weight is 260 g/mol. The van der Waals surface area contributed by atoms with Crippen LogP contribution in [0.1, 0.15) is 13.8 Å². The topological polar surface area (TPSA) is 72.3 Å². The monoisotopic (exact) mass is 259 g/mol. The summed E-state index contributed by atoms with van der Waals surface area (Å²) >= 11 is 5.70. The molecular formula is C11H15ClFN3O. The summed E-state index contributed by atoms with van der Waals surface area (Å²) in [4.78, 5) is 12.7. The average Bonchev–Trinajstić information content (AvgIpc) is 2.20. The Kier molecular flexibility index (Phi) is 4.17. The van der Waals surface area contributed by atoms with Gasteiger partial charge in [0.05, 0.1) is 22.9 Å². The van der Waals surface area contributed by atoms with E-state index in [-0.39, 0.29) is 23.3 Å². The van der Waals surface area contributed by atoms with Gasteiger partial charge in [0.2, 0.25) is 5.91 Å². The fourth-order valence-corrected chi connectivity index (χ4v) is 1.67. The molecule has 0 spiro atoms. The van der Waals surface area contributed by atoms with Crippen LogP contribution >= 0.6 is 11.6 Å². The summed E-state index contributed by atoms with van der Waals surface area (Å²) in [5, 5.41) is -0.0377. The summed E-state index contributed by atoms with van der Waals surface area (Å²) in [6.07, 6.45) is 0. The number of benzene rings is 1. The van der Waals surface area contributed by atoms with Crippen LogP contribution in [0.2, 0.25) is 5.02 Å². The van der Waals surface area contributed by atoms with Gasteiger partial charge in [0.1, 0.15) is 5.82 Å². The van der Waals surface area contributed by atoms with Gasteiger partial charge in [-0.3, -0.25) is 4.79 Å². The van der Waals surface area contributed by atoms with Crippen molar-refractivity contribution in [3.63, 3.8) is 0 Å². The fourth-order valence-electron chi connectivity index (χ4n) is 1.51. The van der Waals surface area contributed by atoms with Gasteiger partial charge in [-0.15, -0.1) is 0 Å². The maximum atomic E-state index is 13.2. The number of carbonyl (C=O) groups excluding carboxylic acids is 1. The van der Waals surface area contributed by atoms with E-state index in [1.165, 1.54) is 6.07 Å². The van der Waals surface area contributed by atoms with Crippen molar-refractivity contribution in [2.45, 2.75) is 19.9 Å². The maximum Gasteiger partial charge on any atom is 0.236 e. The molecule has 4 N–H and O–H groups in total. The van der Waals surface area contributed by atoms with E-state index >= 15 is 0 Å². The molecule has 0 atom stereocenters. The van der Waals surface area contributed by atoms with E-state index in [0.29, 0.717) is 5.69 Å². The van der Waals surface area contributed by atoms with Crippen LogP contribution in [0.25, 0.3) is 0 Å². The Labute approximate surface area is 104 Å². The molecular weight excluding hydrogens is 245 g/mol. The molecule has 1 amide bonds. The number of anilines is 2. The van der Waals surface area contributed by atoms with Crippen LogP contribution in [0.4, 0.5) is 15.8 Å². The Hall–Kier alpha value is -1.49. The molecule has 0 unspecified atom stereocenters. The van der Waals surface area contributed by atoms with E-state index in [1.54, 1.807) is 4.90 Å². The number of rotatable bonds is 4. The molecule has 0 aliphatic heterocycles. The summed E-state index contributed by atoms with van der Waals surface area (Å²) in [6, 6.07) is 2.52. The van der Waals surface area contributed by atoms with Gasteiger partial charge >= 0.3 is 0 Å². The Morgan fingerprint density at radius 1 is 1.53 bits per heavy atom. The third-order valence-corrected chi connectivity index (χ3v) is 2.62. The van der Waals surface area contributed by atoms with Gasteiger partial charge in [0.25, 0.3) is 0 Å². The summed E-state index contributed by atoms with van der Waals surface area (Å²) in [7, 11) is 0. The second kappa shape index (κ2) is 5.23. The van der Waals surface area contributed by atoms with Crippen molar-refractivity contribution < 1.29 is 9.18 Å². The van der Waals surface area contributed by atoms with Crippen molar-refractivity contribution in [2.75, 3.05) is 17.2 Å². The zero-order valence-electron chi connectivity index (χ0n) is 9.71. The highest BCUT2D eigenvalue weighted by Gasteiger charge is 2.17. The molecule has 0 saturated heterocycles. The van der Waals surface area contributed by atoms with Crippen LogP contribution in [-0.4, -0.2) is 18.5 Å². The van der Waals surface area contributed by atoms with Crippen LogP contribution in [-0.2, 0) is 4.79 Å². The predicted molar refractivity (Wildman–Crippen MR) is 67.5 cm³/mol. The van der Waals surface area contributed by atoms with Gasteiger partial charge < -0.3 is 16.4 Å². The smallest absolute Gasteiger partial charge is 0.236 e. The molecule has 1 aromatic rings. The lowest BCUT2D eigenvalue weighted by Gasteiger charge is -2.29. The summed E-state index contributed by atoms with van der Waals surface area (Å²) in [6.45, 7) is 3.75. The highest BCUT2D eigenvalue weighted by Crippen LogP contribution is 2.30. The van der Waals surface area contributed by atoms with E-state index in [9.17, 15) is 9.18 Å². The number of hydrogen-bond donors (Lipinski definition) is 2. The first-order valence-electron chi connectivity index (χ1n) is 5.12. The Balaban J connectivity index is 3.18. The van der Waals surface area contributed by atoms with Crippen molar-refractivity contribution in [2.24, 2.45) is 5.73 Å². The SMILES string of the molecule is CC(C)N(CC(N)=O)c1cc(Cl)c(F)cc1N. The molecule has 0 bridgehead atoms. The summed E-state index contributed by atoms with van der Waals surface area (Å²) in [5.74, 6) is -1.07. The number of amides is 1. The molecule has 0 aliphatic carbocycles. The number of primary amides is 1. The molecule has 6 heteroatoms. The molecule has 0 heterocycles. The number of nitrogen functional groups attached to an aromatic ring is 1. The maximum absolute atomic E-state index is 13.2.